The van der Waals surface area contributed by atoms with Crippen molar-refractivity contribution in [2.24, 2.45) is 5.92 Å². The van der Waals surface area contributed by atoms with Crippen LogP contribution in [0.1, 0.15) is 24.8 Å². The van der Waals surface area contributed by atoms with Crippen LogP contribution in [0.2, 0.25) is 0 Å². The molecule has 0 heterocycles. The van der Waals surface area contributed by atoms with E-state index in [1.165, 1.54) is 12.1 Å². The van der Waals surface area contributed by atoms with Gasteiger partial charge < -0.3 is 15.7 Å². The topological polar surface area (TPSA) is 61.4 Å². The summed E-state index contributed by atoms with van der Waals surface area (Å²) < 4.78 is 12.7. The number of carbonyl (C=O) groups excluding carboxylic acids is 1. The van der Waals surface area contributed by atoms with Crippen molar-refractivity contribution in [2.45, 2.75) is 31.9 Å². The molecule has 1 aromatic carbocycles. The molecule has 1 aromatic rings. The second-order valence-corrected chi connectivity index (χ2v) is 4.93. The van der Waals surface area contributed by atoms with Gasteiger partial charge in [0.2, 0.25) is 0 Å². The highest BCUT2D eigenvalue weighted by Crippen LogP contribution is 2.33. The van der Waals surface area contributed by atoms with Crippen molar-refractivity contribution in [3.8, 4) is 0 Å². The molecule has 0 saturated heterocycles. The maximum atomic E-state index is 12.7. The van der Waals surface area contributed by atoms with E-state index in [1.807, 2.05) is 0 Å². The van der Waals surface area contributed by atoms with Crippen molar-refractivity contribution in [1.29, 1.82) is 0 Å². The fourth-order valence-electron chi connectivity index (χ4n) is 1.90. The SMILES string of the molecule is O=C(NCC[C@@H](O)C1CC1)NCc1ccc(F)cc1. The number of hydrogen-bond acceptors (Lipinski definition) is 2. The van der Waals surface area contributed by atoms with Gasteiger partial charge in [-0.25, -0.2) is 9.18 Å². The Balaban J connectivity index is 1.60. The third kappa shape index (κ3) is 4.87. The fraction of sp³-hybridized carbons (Fsp3) is 0.500. The number of benzene rings is 1. The molecule has 0 spiro atoms. The van der Waals surface area contributed by atoms with Crippen molar-refractivity contribution >= 4 is 6.03 Å². The first-order chi connectivity index (χ1) is 9.15. The van der Waals surface area contributed by atoms with E-state index in [1.54, 1.807) is 12.1 Å². The number of aliphatic hydroxyl groups excluding tert-OH is 1. The molecule has 2 rings (SSSR count). The van der Waals surface area contributed by atoms with Gasteiger partial charge in [-0.15, -0.1) is 0 Å². The Morgan fingerprint density at radius 1 is 1.32 bits per heavy atom. The van der Waals surface area contributed by atoms with Gasteiger partial charge in [0.05, 0.1) is 6.10 Å². The number of amides is 2. The second-order valence-electron chi connectivity index (χ2n) is 4.93. The highest BCUT2D eigenvalue weighted by atomic mass is 19.1. The lowest BCUT2D eigenvalue weighted by Crippen LogP contribution is -2.36. The Kier molecular flexibility index (Phi) is 4.74. The molecule has 1 atom stereocenters. The van der Waals surface area contributed by atoms with E-state index in [2.05, 4.69) is 10.6 Å². The molecule has 1 aliphatic rings. The lowest BCUT2D eigenvalue weighted by molar-refractivity contribution is 0.141. The van der Waals surface area contributed by atoms with Gasteiger partial charge in [0, 0.05) is 13.1 Å². The van der Waals surface area contributed by atoms with Gasteiger partial charge in [-0.05, 0) is 42.9 Å². The number of aliphatic hydroxyl groups is 1. The van der Waals surface area contributed by atoms with Crippen LogP contribution >= 0.6 is 0 Å². The molecule has 1 saturated carbocycles. The molecule has 104 valence electrons. The summed E-state index contributed by atoms with van der Waals surface area (Å²) in [6.07, 6.45) is 2.49. The van der Waals surface area contributed by atoms with Gasteiger partial charge in [0.25, 0.3) is 0 Å². The van der Waals surface area contributed by atoms with Crippen LogP contribution in [0.5, 0.6) is 0 Å². The maximum absolute atomic E-state index is 12.7. The van der Waals surface area contributed by atoms with E-state index in [-0.39, 0.29) is 18.0 Å². The number of hydrogen-bond donors (Lipinski definition) is 3. The maximum Gasteiger partial charge on any atom is 0.315 e. The molecule has 3 N–H and O–H groups in total. The first kappa shape index (κ1) is 13.8. The number of nitrogens with one attached hydrogen (secondary N) is 2. The predicted octanol–water partition coefficient (Wildman–Crippen LogP) is 1.79. The fourth-order valence-corrected chi connectivity index (χ4v) is 1.90. The molecular formula is C14H19FN2O2. The molecule has 0 aromatic heterocycles. The largest absolute Gasteiger partial charge is 0.393 e. The van der Waals surface area contributed by atoms with Crippen LogP contribution in [0.4, 0.5) is 9.18 Å². The van der Waals surface area contributed by atoms with Gasteiger partial charge in [-0.2, -0.15) is 0 Å². The smallest absolute Gasteiger partial charge is 0.315 e. The summed E-state index contributed by atoms with van der Waals surface area (Å²) in [6, 6.07) is 5.72. The quantitative estimate of drug-likeness (QED) is 0.735. The van der Waals surface area contributed by atoms with Crippen molar-refractivity contribution in [3.63, 3.8) is 0 Å². The molecule has 1 fully saturated rings. The molecule has 2 amide bonds. The third-order valence-electron chi connectivity index (χ3n) is 3.26. The van der Waals surface area contributed by atoms with Gasteiger partial charge in [0.15, 0.2) is 0 Å². The lowest BCUT2D eigenvalue weighted by atomic mass is 10.2. The number of urea groups is 1. The zero-order chi connectivity index (χ0) is 13.7. The monoisotopic (exact) mass is 266 g/mol. The predicted molar refractivity (Wildman–Crippen MR) is 70.0 cm³/mol. The Labute approximate surface area is 112 Å². The normalized spacial score (nSPS) is 15.9. The molecule has 5 heteroatoms. The zero-order valence-electron chi connectivity index (χ0n) is 10.7. The summed E-state index contributed by atoms with van der Waals surface area (Å²) in [7, 11) is 0. The van der Waals surface area contributed by atoms with Crippen molar-refractivity contribution < 1.29 is 14.3 Å². The van der Waals surface area contributed by atoms with Gasteiger partial charge >= 0.3 is 6.03 Å². The minimum absolute atomic E-state index is 0.271. The Bertz CT molecular complexity index is 418. The minimum atomic E-state index is -0.294. The van der Waals surface area contributed by atoms with Crippen LogP contribution < -0.4 is 10.6 Å². The summed E-state index contributed by atoms with van der Waals surface area (Å²) >= 11 is 0. The van der Waals surface area contributed by atoms with Crippen molar-refractivity contribution in [2.75, 3.05) is 6.54 Å². The van der Waals surface area contributed by atoms with Crippen LogP contribution in [-0.2, 0) is 6.54 Å². The highest BCUT2D eigenvalue weighted by molar-refractivity contribution is 5.73. The van der Waals surface area contributed by atoms with Crippen LogP contribution in [-0.4, -0.2) is 23.8 Å². The van der Waals surface area contributed by atoms with Crippen molar-refractivity contribution in [3.05, 3.63) is 35.6 Å². The first-order valence-electron chi connectivity index (χ1n) is 6.59. The number of halogens is 1. The Hall–Kier alpha value is -1.62. The van der Waals surface area contributed by atoms with E-state index in [9.17, 15) is 14.3 Å². The van der Waals surface area contributed by atoms with Crippen LogP contribution in [0, 0.1) is 11.7 Å². The standard InChI is InChI=1S/C14H19FN2O2/c15-12-5-1-10(2-6-12)9-17-14(19)16-8-7-13(18)11-3-4-11/h1-2,5-6,11,13,18H,3-4,7-9H2,(H2,16,17,19)/t13-/m1/s1. The van der Waals surface area contributed by atoms with E-state index >= 15 is 0 Å². The molecule has 1 aliphatic carbocycles. The van der Waals surface area contributed by atoms with Crippen LogP contribution in [0.3, 0.4) is 0 Å². The molecular weight excluding hydrogens is 247 g/mol. The molecule has 0 bridgehead atoms. The van der Waals surface area contributed by atoms with Crippen molar-refractivity contribution in [1.82, 2.24) is 10.6 Å². The summed E-state index contributed by atoms with van der Waals surface area (Å²) in [5.74, 6) is 0.145. The minimum Gasteiger partial charge on any atom is -0.393 e. The molecule has 0 unspecified atom stereocenters. The second kappa shape index (κ2) is 6.52. The first-order valence-corrected chi connectivity index (χ1v) is 6.59. The van der Waals surface area contributed by atoms with E-state index in [4.69, 9.17) is 0 Å². The molecule has 0 aliphatic heterocycles. The highest BCUT2D eigenvalue weighted by Gasteiger charge is 2.29. The zero-order valence-corrected chi connectivity index (χ0v) is 10.7. The molecule has 0 radical (unpaired) electrons. The number of carbonyl (C=O) groups is 1. The average Bonchev–Trinajstić information content (AvgIpc) is 3.22. The van der Waals surface area contributed by atoms with Gasteiger partial charge in [-0.3, -0.25) is 0 Å². The third-order valence-corrected chi connectivity index (χ3v) is 3.26. The molecule has 19 heavy (non-hydrogen) atoms. The van der Waals surface area contributed by atoms with E-state index < -0.39 is 0 Å². The number of rotatable bonds is 6. The summed E-state index contributed by atoms with van der Waals surface area (Å²) in [5, 5.41) is 15.0. The van der Waals surface area contributed by atoms with Crippen LogP contribution in [0.25, 0.3) is 0 Å². The summed E-state index contributed by atoms with van der Waals surface area (Å²) in [4.78, 5) is 11.5. The summed E-state index contributed by atoms with van der Waals surface area (Å²) in [5.41, 5.74) is 0.842. The Morgan fingerprint density at radius 3 is 2.63 bits per heavy atom. The van der Waals surface area contributed by atoms with Gasteiger partial charge in [-0.1, -0.05) is 12.1 Å². The van der Waals surface area contributed by atoms with Crippen LogP contribution in [0.15, 0.2) is 24.3 Å². The Morgan fingerprint density at radius 2 is 2.00 bits per heavy atom. The average molecular weight is 266 g/mol. The van der Waals surface area contributed by atoms with Gasteiger partial charge in [0.1, 0.15) is 5.82 Å². The van der Waals surface area contributed by atoms with E-state index in [0.717, 1.165) is 18.4 Å². The molecule has 4 nitrogen and oxygen atoms in total. The lowest BCUT2D eigenvalue weighted by Gasteiger charge is -2.11. The van der Waals surface area contributed by atoms with E-state index in [0.29, 0.717) is 25.4 Å². The summed E-state index contributed by atoms with van der Waals surface area (Å²) in [6.45, 7) is 0.824.